The molecule has 4 heterocycles. The van der Waals surface area contributed by atoms with Crippen LogP contribution in [0.4, 0.5) is 5.82 Å². The van der Waals surface area contributed by atoms with Gasteiger partial charge in [0, 0.05) is 41.8 Å². The van der Waals surface area contributed by atoms with Gasteiger partial charge in [-0.1, -0.05) is 6.07 Å². The van der Waals surface area contributed by atoms with Crippen LogP contribution in [0.15, 0.2) is 67.4 Å². The molecule has 0 radical (unpaired) electrons. The average molecular weight is 317 g/mol. The number of aromatic nitrogens is 4. The molecule has 0 fully saturated rings. The number of hydrogen-bond acceptors (Lipinski definition) is 5. The zero-order valence-corrected chi connectivity index (χ0v) is 12.4. The molecular weight excluding hydrogens is 306 g/mol. The van der Waals surface area contributed by atoms with Crippen molar-refractivity contribution in [2.45, 2.75) is 0 Å². The van der Waals surface area contributed by atoms with Crippen LogP contribution >= 0.6 is 0 Å². The van der Waals surface area contributed by atoms with Gasteiger partial charge < -0.3 is 10.1 Å². The van der Waals surface area contributed by atoms with Crippen LogP contribution in [0.2, 0.25) is 0 Å². The number of nitrogens with zero attached hydrogens (tertiary/aromatic N) is 5. The van der Waals surface area contributed by atoms with Crippen LogP contribution in [0.3, 0.4) is 0 Å². The summed E-state index contributed by atoms with van der Waals surface area (Å²) in [4.78, 5) is 23.4. The van der Waals surface area contributed by atoms with Gasteiger partial charge in [-0.05, 0) is 34.2 Å². The first-order chi connectivity index (χ1) is 11.7. The van der Waals surface area contributed by atoms with Crippen LogP contribution < -0.4 is 0 Å². The lowest BCUT2D eigenvalue weighted by Crippen LogP contribution is -2.02. The van der Waals surface area contributed by atoms with Gasteiger partial charge in [0.15, 0.2) is 0 Å². The van der Waals surface area contributed by atoms with Crippen LogP contribution in [0.1, 0.15) is 0 Å². The molecule has 0 spiro atoms. The van der Waals surface area contributed by atoms with Crippen molar-refractivity contribution < 1.29 is 4.92 Å². The summed E-state index contributed by atoms with van der Waals surface area (Å²) >= 11 is 0. The summed E-state index contributed by atoms with van der Waals surface area (Å²) in [5.41, 5.74) is 1.93. The van der Waals surface area contributed by atoms with E-state index in [1.807, 2.05) is 18.3 Å². The van der Waals surface area contributed by atoms with Crippen molar-refractivity contribution in [1.82, 2.24) is 19.5 Å². The summed E-state index contributed by atoms with van der Waals surface area (Å²) in [5, 5.41) is 12.5. The van der Waals surface area contributed by atoms with Gasteiger partial charge in [0.25, 0.3) is 5.82 Å². The molecule has 0 bridgehead atoms. The highest BCUT2D eigenvalue weighted by molar-refractivity contribution is 5.81. The minimum atomic E-state index is -0.476. The lowest BCUT2D eigenvalue weighted by Gasteiger charge is -2.05. The van der Waals surface area contributed by atoms with Gasteiger partial charge >= 0.3 is 5.82 Å². The molecule has 0 N–H and O–H groups in total. The lowest BCUT2D eigenvalue weighted by molar-refractivity contribution is -0.388. The van der Waals surface area contributed by atoms with Gasteiger partial charge in [-0.2, -0.15) is 0 Å². The molecule has 4 aromatic rings. The zero-order valence-electron chi connectivity index (χ0n) is 12.4. The predicted octanol–water partition coefficient (Wildman–Crippen LogP) is 3.39. The molecule has 0 unspecified atom stereocenters. The Kier molecular flexibility index (Phi) is 3.24. The summed E-state index contributed by atoms with van der Waals surface area (Å²) in [6, 6.07) is 10.7. The molecule has 0 aliphatic heterocycles. The molecule has 4 aromatic heterocycles. The maximum absolute atomic E-state index is 11.5. The second kappa shape index (κ2) is 5.54. The van der Waals surface area contributed by atoms with Crippen LogP contribution in [0.25, 0.3) is 27.8 Å². The summed E-state index contributed by atoms with van der Waals surface area (Å²) in [7, 11) is 0. The average Bonchev–Trinajstić information content (AvgIpc) is 3.06. The van der Waals surface area contributed by atoms with Gasteiger partial charge in [0.2, 0.25) is 0 Å². The van der Waals surface area contributed by atoms with Crippen molar-refractivity contribution in [2.75, 3.05) is 0 Å². The molecule has 7 heteroatoms. The van der Waals surface area contributed by atoms with Crippen molar-refractivity contribution in [3.05, 3.63) is 77.5 Å². The minimum Gasteiger partial charge on any atom is -0.358 e. The highest BCUT2D eigenvalue weighted by Crippen LogP contribution is 2.29. The van der Waals surface area contributed by atoms with Crippen LogP contribution in [-0.2, 0) is 0 Å². The molecule has 4 rings (SSSR count). The Bertz CT molecular complexity index is 1040. The molecule has 0 aliphatic rings. The van der Waals surface area contributed by atoms with E-state index in [4.69, 9.17) is 0 Å². The highest BCUT2D eigenvalue weighted by Gasteiger charge is 2.20. The Balaban J connectivity index is 1.90. The van der Waals surface area contributed by atoms with Crippen molar-refractivity contribution in [1.29, 1.82) is 0 Å². The van der Waals surface area contributed by atoms with Crippen LogP contribution in [-0.4, -0.2) is 24.4 Å². The van der Waals surface area contributed by atoms with E-state index in [0.29, 0.717) is 16.9 Å². The van der Waals surface area contributed by atoms with E-state index in [1.54, 1.807) is 53.6 Å². The van der Waals surface area contributed by atoms with Gasteiger partial charge in [-0.25, -0.2) is 0 Å². The molecule has 0 aliphatic carbocycles. The molecule has 116 valence electrons. The van der Waals surface area contributed by atoms with Crippen molar-refractivity contribution >= 4 is 16.7 Å². The SMILES string of the molecule is O=[N+]([O-])c1nc(-n2ccc3ccncc32)ccc1-c1cccnc1. The predicted molar refractivity (Wildman–Crippen MR) is 88.8 cm³/mol. The quantitative estimate of drug-likeness (QED) is 0.427. The van der Waals surface area contributed by atoms with E-state index >= 15 is 0 Å². The number of hydrogen-bond donors (Lipinski definition) is 0. The fourth-order valence-corrected chi connectivity index (χ4v) is 2.63. The third kappa shape index (κ3) is 2.28. The second-order valence-electron chi connectivity index (χ2n) is 5.16. The van der Waals surface area contributed by atoms with Crippen LogP contribution in [0.5, 0.6) is 0 Å². The highest BCUT2D eigenvalue weighted by atomic mass is 16.6. The van der Waals surface area contributed by atoms with Crippen LogP contribution in [0, 0.1) is 10.1 Å². The Morgan fingerprint density at radius 1 is 1.00 bits per heavy atom. The van der Waals surface area contributed by atoms with E-state index in [9.17, 15) is 10.1 Å². The minimum absolute atomic E-state index is 0.203. The zero-order chi connectivity index (χ0) is 16.5. The van der Waals surface area contributed by atoms with Crippen molar-refractivity contribution in [3.8, 4) is 16.9 Å². The smallest absolute Gasteiger partial charge is 0.358 e. The Morgan fingerprint density at radius 2 is 1.88 bits per heavy atom. The Hall–Kier alpha value is -3.61. The molecule has 7 nitrogen and oxygen atoms in total. The summed E-state index contributed by atoms with van der Waals surface area (Å²) in [6.07, 6.45) is 8.43. The summed E-state index contributed by atoms with van der Waals surface area (Å²) < 4.78 is 1.78. The molecule has 24 heavy (non-hydrogen) atoms. The van der Waals surface area contributed by atoms with Gasteiger partial charge in [-0.15, -0.1) is 0 Å². The first kappa shape index (κ1) is 14.0. The number of nitro groups is 1. The largest absolute Gasteiger partial charge is 0.373 e. The molecule has 0 atom stereocenters. The monoisotopic (exact) mass is 317 g/mol. The summed E-state index contributed by atoms with van der Waals surface area (Å²) in [5.74, 6) is 0.267. The normalized spacial score (nSPS) is 10.8. The van der Waals surface area contributed by atoms with Crippen molar-refractivity contribution in [2.24, 2.45) is 0 Å². The third-order valence-electron chi connectivity index (χ3n) is 3.75. The first-order valence-corrected chi connectivity index (χ1v) is 7.21. The Labute approximate surface area is 136 Å². The maximum atomic E-state index is 11.5. The maximum Gasteiger partial charge on any atom is 0.373 e. The molecular formula is C17H11N5O2. The molecule has 0 saturated carbocycles. The van der Waals surface area contributed by atoms with E-state index in [0.717, 1.165) is 10.9 Å². The van der Waals surface area contributed by atoms with E-state index in [2.05, 4.69) is 15.0 Å². The fraction of sp³-hybridized carbons (Fsp3) is 0. The lowest BCUT2D eigenvalue weighted by atomic mass is 10.1. The van der Waals surface area contributed by atoms with E-state index < -0.39 is 4.92 Å². The van der Waals surface area contributed by atoms with Gasteiger partial charge in [0.1, 0.15) is 0 Å². The summed E-state index contributed by atoms with van der Waals surface area (Å²) in [6.45, 7) is 0. The molecule has 0 aromatic carbocycles. The topological polar surface area (TPSA) is 86.7 Å². The Morgan fingerprint density at radius 3 is 2.67 bits per heavy atom. The standard InChI is InChI=1S/C17H11N5O2/c23-22(24)17-14(13-2-1-7-18-10-13)3-4-16(20-17)21-9-6-12-5-8-19-11-15(12)21/h1-11H. The second-order valence-corrected chi connectivity index (χ2v) is 5.16. The number of fused-ring (bicyclic) bond motifs is 1. The molecule has 0 saturated heterocycles. The van der Waals surface area contributed by atoms with Gasteiger partial charge in [0.05, 0.1) is 17.3 Å². The van der Waals surface area contributed by atoms with E-state index in [1.165, 1.54) is 0 Å². The number of rotatable bonds is 3. The van der Waals surface area contributed by atoms with E-state index in [-0.39, 0.29) is 5.82 Å². The van der Waals surface area contributed by atoms with Crippen molar-refractivity contribution in [3.63, 3.8) is 0 Å². The van der Waals surface area contributed by atoms with Gasteiger partial charge in [-0.3, -0.25) is 14.5 Å². The number of pyridine rings is 3. The molecule has 0 amide bonds. The fourth-order valence-electron chi connectivity index (χ4n) is 2.63. The third-order valence-corrected chi connectivity index (χ3v) is 3.75. The first-order valence-electron chi connectivity index (χ1n) is 7.21.